The van der Waals surface area contributed by atoms with Gasteiger partial charge in [-0.1, -0.05) is 57.2 Å². The standard InChI is InChI=1S/C35H49NO10/c1-8-34(6,36)17-42-33(40)43-21(5)28-18(2)15-19(3)35-23(16-25(41-7)32(39)44-28)13-14-24-26(35)27(37)20(4)29(30(24)46-35)45-31(38)22-11-9-10-12-22/h9-11,13-15,18,20-21,23-30,37H,8,12,16-17,36H2,1-7H3/b19-15+/t18-,20-,21-,23-,24-,25+,26+,27-,28+,29-,30-,34?,35+/m1/s1. The fraction of sp³-hybridized carbons (Fsp3) is 0.686. The van der Waals surface area contributed by atoms with Gasteiger partial charge in [-0.05, 0) is 45.6 Å². The van der Waals surface area contributed by atoms with Crippen molar-refractivity contribution >= 4 is 18.1 Å². The van der Waals surface area contributed by atoms with Crippen LogP contribution in [0.15, 0.2) is 47.6 Å². The van der Waals surface area contributed by atoms with Crippen LogP contribution in [0.1, 0.15) is 60.8 Å². The molecule has 1 saturated heterocycles. The zero-order valence-electron chi connectivity index (χ0n) is 27.8. The zero-order valence-corrected chi connectivity index (χ0v) is 27.8. The van der Waals surface area contributed by atoms with E-state index in [0.717, 1.165) is 5.57 Å². The maximum absolute atomic E-state index is 13.6. The average Bonchev–Trinajstić information content (AvgIpc) is 3.62. The highest BCUT2D eigenvalue weighted by atomic mass is 16.7. The van der Waals surface area contributed by atoms with E-state index in [-0.39, 0.29) is 30.8 Å². The number of nitrogens with two attached hydrogens (primary N) is 1. The highest BCUT2D eigenvalue weighted by molar-refractivity contribution is 5.90. The van der Waals surface area contributed by atoms with Gasteiger partial charge in [-0.15, -0.1) is 0 Å². The second-order valence-corrected chi connectivity index (χ2v) is 14.0. The molecule has 0 radical (unpaired) electrons. The molecule has 11 nitrogen and oxygen atoms in total. The SMILES string of the molecule is CCC(C)(N)COC(=O)O[C@H](C)[C@H]1OC(=O)[C@@H](OC)C[C@H]2C=C[C@H]3[C@H]4O[C@]2(/C(C)=C/[C@H]1C)[C@@H]3[C@H](O)[C@@H](C)[C@H]4OC(=O)C1=CC=CC1. The second kappa shape index (κ2) is 13.3. The number of ether oxygens (including phenoxy) is 6. The molecule has 2 heterocycles. The van der Waals surface area contributed by atoms with Gasteiger partial charge in [0.25, 0.3) is 0 Å². The minimum atomic E-state index is -1.00. The van der Waals surface area contributed by atoms with Crippen molar-refractivity contribution in [2.75, 3.05) is 13.7 Å². The van der Waals surface area contributed by atoms with Gasteiger partial charge >= 0.3 is 18.1 Å². The summed E-state index contributed by atoms with van der Waals surface area (Å²) in [6.07, 6.45) is 7.21. The summed E-state index contributed by atoms with van der Waals surface area (Å²) in [6.45, 7) is 11.0. The third-order valence-electron chi connectivity index (χ3n) is 10.7. The van der Waals surface area contributed by atoms with E-state index in [9.17, 15) is 19.5 Å². The van der Waals surface area contributed by atoms with E-state index in [4.69, 9.17) is 34.2 Å². The van der Waals surface area contributed by atoms with Gasteiger partial charge < -0.3 is 39.3 Å². The quantitative estimate of drug-likeness (QED) is 0.225. The summed E-state index contributed by atoms with van der Waals surface area (Å²) in [5, 5.41) is 11.9. The molecule has 11 heteroatoms. The van der Waals surface area contributed by atoms with Gasteiger partial charge in [0.2, 0.25) is 0 Å². The first-order valence-electron chi connectivity index (χ1n) is 16.4. The molecule has 4 bridgehead atoms. The monoisotopic (exact) mass is 643 g/mol. The summed E-state index contributed by atoms with van der Waals surface area (Å²) in [5.41, 5.74) is 5.82. The minimum absolute atomic E-state index is 0.0240. The summed E-state index contributed by atoms with van der Waals surface area (Å²) in [7, 11) is 1.45. The van der Waals surface area contributed by atoms with E-state index in [2.05, 4.69) is 0 Å². The Balaban J connectivity index is 1.46. The molecule has 0 aromatic heterocycles. The zero-order chi connectivity index (χ0) is 33.6. The van der Waals surface area contributed by atoms with Crippen LogP contribution < -0.4 is 5.73 Å². The molecular weight excluding hydrogens is 594 g/mol. The molecule has 1 unspecified atom stereocenters. The first-order chi connectivity index (χ1) is 21.7. The minimum Gasteiger partial charge on any atom is -0.456 e. The Morgan fingerprint density at radius 3 is 2.65 bits per heavy atom. The van der Waals surface area contributed by atoms with Crippen molar-refractivity contribution in [2.45, 2.75) is 109 Å². The molecule has 3 N–H and O–H groups in total. The van der Waals surface area contributed by atoms with Crippen molar-refractivity contribution in [1.82, 2.24) is 0 Å². The normalized spacial score (nSPS) is 41.2. The largest absolute Gasteiger partial charge is 0.508 e. The number of rotatable bonds is 8. The number of carbonyl (C=O) groups excluding carboxylic acids is 3. The van der Waals surface area contributed by atoms with Crippen LogP contribution in [0.4, 0.5) is 4.79 Å². The maximum Gasteiger partial charge on any atom is 0.508 e. The Hall–Kier alpha value is -2.99. The van der Waals surface area contributed by atoms with Gasteiger partial charge in [0.15, 0.2) is 6.10 Å². The molecular formula is C35H49NO10. The number of methoxy groups -OCH3 is 1. The third kappa shape index (κ3) is 6.19. The van der Waals surface area contributed by atoms with Crippen LogP contribution >= 0.6 is 0 Å². The lowest BCUT2D eigenvalue weighted by Crippen LogP contribution is -2.57. The number of cyclic esters (lactones) is 1. The number of allylic oxidation sites excluding steroid dienone is 3. The average molecular weight is 644 g/mol. The van der Waals surface area contributed by atoms with Crippen molar-refractivity contribution in [2.24, 2.45) is 35.3 Å². The highest BCUT2D eigenvalue weighted by Gasteiger charge is 2.69. The topological polar surface area (TPSA) is 153 Å². The number of hydrogen-bond acceptors (Lipinski definition) is 11. The molecule has 1 spiro atoms. The number of esters is 2. The predicted octanol–water partition coefficient (Wildman–Crippen LogP) is 3.93. The highest BCUT2D eigenvalue weighted by Crippen LogP contribution is 2.61. The molecule has 0 aromatic carbocycles. The van der Waals surface area contributed by atoms with Gasteiger partial charge in [-0.2, -0.15) is 0 Å². The summed E-state index contributed by atoms with van der Waals surface area (Å²) in [6, 6.07) is 0. The van der Waals surface area contributed by atoms with Crippen LogP contribution in [-0.4, -0.2) is 84.7 Å². The van der Waals surface area contributed by atoms with E-state index in [1.54, 1.807) is 19.9 Å². The molecule has 5 rings (SSSR count). The summed E-state index contributed by atoms with van der Waals surface area (Å²) in [5.74, 6) is -2.75. The van der Waals surface area contributed by atoms with Crippen molar-refractivity contribution in [1.29, 1.82) is 0 Å². The first-order valence-corrected chi connectivity index (χ1v) is 16.4. The Morgan fingerprint density at radius 2 is 2.00 bits per heavy atom. The molecule has 2 aliphatic heterocycles. The molecule has 1 saturated carbocycles. The lowest BCUT2D eigenvalue weighted by atomic mass is 9.57. The Labute approximate surface area is 271 Å². The second-order valence-electron chi connectivity index (χ2n) is 14.0. The molecule has 254 valence electrons. The molecule has 46 heavy (non-hydrogen) atoms. The number of carbonyl (C=O) groups is 3. The summed E-state index contributed by atoms with van der Waals surface area (Å²) >= 11 is 0. The smallest absolute Gasteiger partial charge is 0.456 e. The molecule has 3 aliphatic carbocycles. The van der Waals surface area contributed by atoms with E-state index >= 15 is 0 Å². The van der Waals surface area contributed by atoms with Crippen molar-refractivity contribution in [3.8, 4) is 0 Å². The van der Waals surface area contributed by atoms with Crippen LogP contribution in [0.5, 0.6) is 0 Å². The van der Waals surface area contributed by atoms with Crippen LogP contribution in [0.3, 0.4) is 0 Å². The van der Waals surface area contributed by atoms with Crippen LogP contribution in [0, 0.1) is 29.6 Å². The van der Waals surface area contributed by atoms with Gasteiger partial charge in [-0.25, -0.2) is 14.4 Å². The lowest BCUT2D eigenvalue weighted by Gasteiger charge is -2.49. The predicted molar refractivity (Wildman–Crippen MR) is 167 cm³/mol. The summed E-state index contributed by atoms with van der Waals surface area (Å²) in [4.78, 5) is 39.3. The van der Waals surface area contributed by atoms with E-state index < -0.39 is 77.7 Å². The first kappa shape index (κ1) is 34.3. The number of aliphatic hydroxyl groups is 1. The van der Waals surface area contributed by atoms with Crippen molar-refractivity contribution < 1.29 is 47.9 Å². The van der Waals surface area contributed by atoms with Gasteiger partial charge in [0, 0.05) is 47.8 Å². The molecule has 0 amide bonds. The van der Waals surface area contributed by atoms with Gasteiger partial charge in [0.05, 0.1) is 6.10 Å². The Bertz CT molecular complexity index is 1320. The Kier molecular flexibility index (Phi) is 9.90. The van der Waals surface area contributed by atoms with Crippen molar-refractivity contribution in [3.63, 3.8) is 0 Å². The molecule has 13 atom stereocenters. The Morgan fingerprint density at radius 1 is 1.26 bits per heavy atom. The number of hydrogen-bond donors (Lipinski definition) is 2. The molecule has 2 fully saturated rings. The van der Waals surface area contributed by atoms with Crippen LogP contribution in [0.25, 0.3) is 0 Å². The van der Waals surface area contributed by atoms with E-state index in [1.807, 2.05) is 58.1 Å². The van der Waals surface area contributed by atoms with Crippen LogP contribution in [-0.2, 0) is 38.0 Å². The molecule has 0 aromatic rings. The van der Waals surface area contributed by atoms with Crippen LogP contribution in [0.2, 0.25) is 0 Å². The van der Waals surface area contributed by atoms with E-state index in [0.29, 0.717) is 18.4 Å². The number of aliphatic hydroxyl groups excluding tert-OH is 1. The lowest BCUT2D eigenvalue weighted by molar-refractivity contribution is -0.174. The van der Waals surface area contributed by atoms with Crippen molar-refractivity contribution in [3.05, 3.63) is 47.6 Å². The summed E-state index contributed by atoms with van der Waals surface area (Å²) < 4.78 is 35.6. The maximum atomic E-state index is 13.6. The molecule has 5 aliphatic rings. The van der Waals surface area contributed by atoms with Gasteiger partial charge in [0.1, 0.15) is 36.6 Å². The van der Waals surface area contributed by atoms with E-state index in [1.165, 1.54) is 7.11 Å². The third-order valence-corrected chi connectivity index (χ3v) is 10.7. The fourth-order valence-electron chi connectivity index (χ4n) is 7.86. The fourth-order valence-corrected chi connectivity index (χ4v) is 7.86. The van der Waals surface area contributed by atoms with Gasteiger partial charge in [-0.3, -0.25) is 0 Å².